The van der Waals surface area contributed by atoms with Gasteiger partial charge in [0, 0.05) is 19.5 Å². The van der Waals surface area contributed by atoms with Crippen molar-refractivity contribution in [1.29, 1.82) is 0 Å². The average Bonchev–Trinajstić information content (AvgIpc) is 3.58. The Morgan fingerprint density at radius 1 is 1.07 bits per heavy atom. The number of aliphatic hydroxyl groups excluding tert-OH is 2. The summed E-state index contributed by atoms with van der Waals surface area (Å²) in [5.41, 5.74) is 5.52. The first kappa shape index (κ1) is 32.1. The monoisotopic (exact) mass is 576 g/mol. The van der Waals surface area contributed by atoms with Gasteiger partial charge in [0.05, 0.1) is 32.3 Å². The highest BCUT2D eigenvalue weighted by Gasteiger charge is 2.53. The zero-order valence-corrected chi connectivity index (χ0v) is 24.8. The number of aliphatic hydroxyl groups is 2. The largest absolute Gasteiger partial charge is 0.493 e. The van der Waals surface area contributed by atoms with Crippen molar-refractivity contribution in [2.24, 2.45) is 11.7 Å². The van der Waals surface area contributed by atoms with Gasteiger partial charge in [-0.15, -0.1) is 0 Å². The van der Waals surface area contributed by atoms with Crippen molar-refractivity contribution in [3.05, 3.63) is 23.3 Å². The number of likely N-dealkylation sites (tertiary alicyclic amines) is 2. The number of carbonyl (C=O) groups excluding carboxylic acids is 4. The Morgan fingerprint density at radius 3 is 2.32 bits per heavy atom. The molecule has 3 rings (SSSR count). The number of nitrogens with two attached hydrogens (primary N) is 1. The second-order valence-electron chi connectivity index (χ2n) is 11.3. The van der Waals surface area contributed by atoms with Crippen LogP contribution in [-0.4, -0.2) is 101 Å². The van der Waals surface area contributed by atoms with Crippen LogP contribution < -0.4 is 20.5 Å². The lowest BCUT2D eigenvalue weighted by Crippen LogP contribution is -2.65. The molecule has 2 aliphatic rings. The van der Waals surface area contributed by atoms with Gasteiger partial charge in [-0.05, 0) is 63.6 Å². The first-order valence-electron chi connectivity index (χ1n) is 14.1. The summed E-state index contributed by atoms with van der Waals surface area (Å²) in [7, 11) is 3.04. The summed E-state index contributed by atoms with van der Waals surface area (Å²) < 4.78 is 11.0. The number of methoxy groups -OCH3 is 2. The molecule has 0 aliphatic carbocycles. The van der Waals surface area contributed by atoms with E-state index in [2.05, 4.69) is 5.32 Å². The predicted octanol–water partition coefficient (Wildman–Crippen LogP) is 0.275. The summed E-state index contributed by atoms with van der Waals surface area (Å²) >= 11 is 0. The molecular formula is C29H44N4O8. The molecule has 2 aliphatic heterocycles. The molecule has 1 aromatic carbocycles. The highest BCUT2D eigenvalue weighted by molar-refractivity contribution is 5.97. The van der Waals surface area contributed by atoms with E-state index in [-0.39, 0.29) is 31.2 Å². The Kier molecular flexibility index (Phi) is 10.2. The van der Waals surface area contributed by atoms with Gasteiger partial charge in [-0.3, -0.25) is 19.2 Å². The molecule has 228 valence electrons. The summed E-state index contributed by atoms with van der Waals surface area (Å²) in [6.45, 7) is 6.99. The standard InChI is InChI=1S/C29H44N4O8/c1-16-13-20(14-22(40-5)24(16)41-6)15-29(28(39)31-23(19(4)35)25(30)36)10-8-12-33(29)27(38)21-9-7-11-32(21)26(37)17(2)18(3)34/h13-14,17-19,21,23,34-35H,7-12,15H2,1-6H3,(H2,30,36)(H,31,39)/t17-,18+,19+,21-,23-,29-/m0/s1. The molecule has 0 unspecified atom stereocenters. The van der Waals surface area contributed by atoms with Crippen molar-refractivity contribution in [3.8, 4) is 11.5 Å². The lowest BCUT2D eigenvalue weighted by atomic mass is 9.85. The summed E-state index contributed by atoms with van der Waals surface area (Å²) in [5.74, 6) is -1.88. The molecular weight excluding hydrogens is 532 g/mol. The highest BCUT2D eigenvalue weighted by atomic mass is 16.5. The molecule has 0 radical (unpaired) electrons. The number of ether oxygens (including phenoxy) is 2. The Morgan fingerprint density at radius 2 is 1.76 bits per heavy atom. The number of nitrogens with zero attached hydrogens (tertiary/aromatic N) is 2. The molecule has 5 N–H and O–H groups in total. The zero-order chi connectivity index (χ0) is 30.6. The first-order valence-corrected chi connectivity index (χ1v) is 14.1. The maximum absolute atomic E-state index is 14.2. The van der Waals surface area contributed by atoms with E-state index in [0.717, 1.165) is 5.56 Å². The van der Waals surface area contributed by atoms with Crippen molar-refractivity contribution < 1.29 is 38.9 Å². The topological polar surface area (TPSA) is 172 Å². The highest BCUT2D eigenvalue weighted by Crippen LogP contribution is 2.39. The minimum Gasteiger partial charge on any atom is -0.493 e. The van der Waals surface area contributed by atoms with Gasteiger partial charge in [0.15, 0.2) is 11.5 Å². The summed E-state index contributed by atoms with van der Waals surface area (Å²) in [6, 6.07) is 1.45. The molecule has 4 amide bonds. The van der Waals surface area contributed by atoms with Crippen molar-refractivity contribution in [2.75, 3.05) is 27.3 Å². The van der Waals surface area contributed by atoms with Crippen LogP contribution in [0.1, 0.15) is 57.6 Å². The fraction of sp³-hybridized carbons (Fsp3) is 0.655. The number of aryl methyl sites for hydroxylation is 1. The number of hydrogen-bond donors (Lipinski definition) is 4. The van der Waals surface area contributed by atoms with Gasteiger partial charge in [0.25, 0.3) is 0 Å². The van der Waals surface area contributed by atoms with Gasteiger partial charge >= 0.3 is 0 Å². The fourth-order valence-corrected chi connectivity index (χ4v) is 6.01. The molecule has 0 aromatic heterocycles. The van der Waals surface area contributed by atoms with Crippen LogP contribution >= 0.6 is 0 Å². The molecule has 0 bridgehead atoms. The molecule has 41 heavy (non-hydrogen) atoms. The van der Waals surface area contributed by atoms with Gasteiger partial charge in [-0.1, -0.05) is 13.0 Å². The number of nitrogens with one attached hydrogen (secondary N) is 1. The normalized spacial score (nSPS) is 23.5. The number of primary amides is 1. The second kappa shape index (κ2) is 13.1. The molecule has 0 spiro atoms. The Balaban J connectivity index is 2.06. The molecule has 2 heterocycles. The van der Waals surface area contributed by atoms with E-state index in [1.807, 2.05) is 13.0 Å². The smallest absolute Gasteiger partial charge is 0.247 e. The number of amides is 4. The van der Waals surface area contributed by atoms with Gasteiger partial charge in [-0.25, -0.2) is 0 Å². The van der Waals surface area contributed by atoms with Crippen molar-refractivity contribution in [3.63, 3.8) is 0 Å². The maximum atomic E-state index is 14.2. The number of hydrogen-bond acceptors (Lipinski definition) is 8. The third-order valence-corrected chi connectivity index (χ3v) is 8.41. The Labute approximate surface area is 241 Å². The second-order valence-corrected chi connectivity index (χ2v) is 11.3. The zero-order valence-electron chi connectivity index (χ0n) is 24.8. The minimum atomic E-state index is -1.43. The van der Waals surface area contributed by atoms with Crippen molar-refractivity contribution in [2.45, 2.75) is 89.6 Å². The van der Waals surface area contributed by atoms with Gasteiger partial charge < -0.3 is 40.5 Å². The number of benzene rings is 1. The van der Waals surface area contributed by atoms with Crippen LogP contribution in [0.4, 0.5) is 0 Å². The lowest BCUT2D eigenvalue weighted by Gasteiger charge is -2.41. The molecule has 1 aromatic rings. The van der Waals surface area contributed by atoms with Crippen LogP contribution in [0, 0.1) is 12.8 Å². The van der Waals surface area contributed by atoms with Crippen molar-refractivity contribution in [1.82, 2.24) is 15.1 Å². The summed E-state index contributed by atoms with van der Waals surface area (Å²) in [5, 5.41) is 22.8. The minimum absolute atomic E-state index is 0.0851. The number of carbonyl (C=O) groups is 4. The fourth-order valence-electron chi connectivity index (χ4n) is 6.01. The van der Waals surface area contributed by atoms with Crippen LogP contribution in [-0.2, 0) is 25.6 Å². The molecule has 6 atom stereocenters. The quantitative estimate of drug-likeness (QED) is 0.291. The summed E-state index contributed by atoms with van der Waals surface area (Å²) in [6.07, 6.45) is -0.218. The van der Waals surface area contributed by atoms with E-state index in [0.29, 0.717) is 42.9 Å². The molecule has 2 saturated heterocycles. The molecule has 12 nitrogen and oxygen atoms in total. The molecule has 0 saturated carbocycles. The van der Waals surface area contributed by atoms with Crippen molar-refractivity contribution >= 4 is 23.6 Å². The van der Waals surface area contributed by atoms with Gasteiger partial charge in [0.1, 0.15) is 17.6 Å². The van der Waals surface area contributed by atoms with E-state index >= 15 is 0 Å². The third-order valence-electron chi connectivity index (χ3n) is 8.41. The predicted molar refractivity (Wildman–Crippen MR) is 150 cm³/mol. The van der Waals surface area contributed by atoms with Crippen LogP contribution in [0.2, 0.25) is 0 Å². The first-order chi connectivity index (χ1) is 19.3. The van der Waals surface area contributed by atoms with Crippen LogP contribution in [0.25, 0.3) is 0 Å². The van der Waals surface area contributed by atoms with Gasteiger partial charge in [-0.2, -0.15) is 0 Å². The summed E-state index contributed by atoms with van der Waals surface area (Å²) in [4.78, 5) is 56.6. The molecule has 12 heteroatoms. The lowest BCUT2D eigenvalue weighted by molar-refractivity contribution is -0.153. The van der Waals surface area contributed by atoms with E-state index in [9.17, 15) is 29.4 Å². The van der Waals surface area contributed by atoms with Crippen LogP contribution in [0.3, 0.4) is 0 Å². The van der Waals surface area contributed by atoms with Crippen LogP contribution in [0.5, 0.6) is 11.5 Å². The Hall–Kier alpha value is -3.38. The van der Waals surface area contributed by atoms with E-state index < -0.39 is 47.6 Å². The van der Waals surface area contributed by atoms with E-state index in [1.54, 1.807) is 13.0 Å². The molecule has 2 fully saturated rings. The SMILES string of the molecule is COc1cc(C[C@]2(C(=O)N[C@H](C(N)=O)[C@@H](C)O)CCCN2C(=O)[C@@H]2CCCN2C(=O)[C@@H](C)[C@@H](C)O)cc(C)c1OC. The third kappa shape index (κ3) is 6.43. The average molecular weight is 577 g/mol. The number of rotatable bonds is 11. The van der Waals surface area contributed by atoms with Gasteiger partial charge in [0.2, 0.25) is 23.6 Å². The van der Waals surface area contributed by atoms with E-state index in [4.69, 9.17) is 15.2 Å². The maximum Gasteiger partial charge on any atom is 0.247 e. The van der Waals surface area contributed by atoms with Crippen LogP contribution in [0.15, 0.2) is 12.1 Å². The van der Waals surface area contributed by atoms with E-state index in [1.165, 1.54) is 37.9 Å². The Bertz CT molecular complexity index is 1160.